The molecule has 0 aliphatic carbocycles. The highest BCUT2D eigenvalue weighted by Gasteiger charge is 1.89. The van der Waals surface area contributed by atoms with Crippen LogP contribution in [0.4, 0.5) is 0 Å². The predicted octanol–water partition coefficient (Wildman–Crippen LogP) is -0.326. The van der Waals surface area contributed by atoms with E-state index in [9.17, 15) is 4.79 Å². The summed E-state index contributed by atoms with van der Waals surface area (Å²) in [6.07, 6.45) is 4.11. The van der Waals surface area contributed by atoms with Crippen LogP contribution in [0.5, 0.6) is 0 Å². The first-order chi connectivity index (χ1) is 4.43. The van der Waals surface area contributed by atoms with Gasteiger partial charge in [-0.05, 0) is 0 Å². The van der Waals surface area contributed by atoms with Crippen LogP contribution in [0.3, 0.4) is 0 Å². The summed E-state index contributed by atoms with van der Waals surface area (Å²) in [4.78, 5) is 9.84. The molecule has 3 heteroatoms. The minimum atomic E-state index is 0.625. The fourth-order valence-electron chi connectivity index (χ4n) is 0.546. The molecule has 0 aromatic carbocycles. The van der Waals surface area contributed by atoms with Crippen molar-refractivity contribution < 1.29 is 9.47 Å². The van der Waals surface area contributed by atoms with Crippen LogP contribution in [-0.2, 0) is 4.79 Å². The Morgan fingerprint density at radius 2 is 1.89 bits per heavy atom. The third-order valence-corrected chi connectivity index (χ3v) is 0.917. The Bertz CT molecular complexity index is 186. The lowest BCUT2D eigenvalue weighted by Crippen LogP contribution is -2.43. The normalized spacial score (nSPS) is 8.44. The van der Waals surface area contributed by atoms with Gasteiger partial charge in [0.15, 0.2) is 12.4 Å². The van der Waals surface area contributed by atoms with Gasteiger partial charge in [0.2, 0.25) is 0 Å². The van der Waals surface area contributed by atoms with Gasteiger partial charge in [0.05, 0.1) is 0 Å². The lowest BCUT2D eigenvalue weighted by Gasteiger charge is -1.85. The number of hydrogen-bond donors (Lipinski definition) is 1. The molecule has 1 rings (SSSR count). The Labute approximate surface area is 52.9 Å². The maximum Gasteiger partial charge on any atom is 0.262 e. The first-order valence-corrected chi connectivity index (χ1v) is 2.60. The third-order valence-electron chi connectivity index (χ3n) is 0.917. The van der Waals surface area contributed by atoms with Gasteiger partial charge in [0, 0.05) is 12.1 Å². The number of hydrogen-bond acceptors (Lipinski definition) is 1. The standard InChI is InChI=1S/C6H6N2O/c9-6-7-8-4-2-1-3-5-8/h1-6H/p+1. The number of pyridine rings is 1. The highest BCUT2D eigenvalue weighted by Crippen LogP contribution is 1.72. The molecule has 0 unspecified atom stereocenters. The zero-order chi connectivity index (χ0) is 6.53. The van der Waals surface area contributed by atoms with E-state index in [4.69, 9.17) is 0 Å². The summed E-state index contributed by atoms with van der Waals surface area (Å²) < 4.78 is 1.56. The molecule has 1 N–H and O–H groups in total. The molecule has 9 heavy (non-hydrogen) atoms. The van der Waals surface area contributed by atoms with E-state index >= 15 is 0 Å². The van der Waals surface area contributed by atoms with Gasteiger partial charge in [-0.1, -0.05) is 10.7 Å². The molecule has 1 aromatic heterocycles. The first-order valence-electron chi connectivity index (χ1n) is 2.60. The molecule has 0 aliphatic rings. The number of rotatable bonds is 2. The molecule has 46 valence electrons. The number of aromatic nitrogens is 1. The van der Waals surface area contributed by atoms with E-state index in [1.165, 1.54) is 0 Å². The maximum atomic E-state index is 9.84. The van der Waals surface area contributed by atoms with E-state index in [0.29, 0.717) is 6.41 Å². The van der Waals surface area contributed by atoms with Gasteiger partial charge in [0.25, 0.3) is 6.41 Å². The summed E-state index contributed by atoms with van der Waals surface area (Å²) in [5.41, 5.74) is 2.44. The Morgan fingerprint density at radius 3 is 2.44 bits per heavy atom. The second-order valence-corrected chi connectivity index (χ2v) is 1.53. The van der Waals surface area contributed by atoms with Gasteiger partial charge in [-0.2, -0.15) is 0 Å². The van der Waals surface area contributed by atoms with Gasteiger partial charge in [-0.15, -0.1) is 5.43 Å². The molecule has 1 heterocycles. The Morgan fingerprint density at radius 1 is 1.22 bits per heavy atom. The van der Waals surface area contributed by atoms with Gasteiger partial charge < -0.3 is 0 Å². The largest absolute Gasteiger partial charge is 0.273 e. The van der Waals surface area contributed by atoms with Crippen molar-refractivity contribution in [3.05, 3.63) is 30.6 Å². The second kappa shape index (κ2) is 2.81. The number of amides is 1. The van der Waals surface area contributed by atoms with E-state index in [0.717, 1.165) is 0 Å². The van der Waals surface area contributed by atoms with Crippen LogP contribution in [0.25, 0.3) is 0 Å². The monoisotopic (exact) mass is 123 g/mol. The van der Waals surface area contributed by atoms with Crippen LogP contribution >= 0.6 is 0 Å². The van der Waals surface area contributed by atoms with Gasteiger partial charge >= 0.3 is 0 Å². The number of nitrogens with zero attached hydrogens (tertiary/aromatic N) is 1. The molecule has 0 spiro atoms. The van der Waals surface area contributed by atoms with E-state index in [1.54, 1.807) is 17.1 Å². The smallest absolute Gasteiger partial charge is 0.262 e. The number of carbonyl (C=O) groups excluding carboxylic acids is 1. The van der Waals surface area contributed by atoms with Crippen LogP contribution in [0.2, 0.25) is 0 Å². The molecule has 0 radical (unpaired) electrons. The molecule has 1 amide bonds. The molecular weight excluding hydrogens is 116 g/mol. The molecule has 3 nitrogen and oxygen atoms in total. The molecule has 0 atom stereocenters. The van der Waals surface area contributed by atoms with Crippen LogP contribution in [-0.4, -0.2) is 6.41 Å². The average molecular weight is 123 g/mol. The van der Waals surface area contributed by atoms with Crippen molar-refractivity contribution in [3.8, 4) is 0 Å². The van der Waals surface area contributed by atoms with Crippen molar-refractivity contribution in [3.63, 3.8) is 0 Å². The van der Waals surface area contributed by atoms with Crippen molar-refractivity contribution in [1.29, 1.82) is 0 Å². The van der Waals surface area contributed by atoms with Crippen molar-refractivity contribution >= 4 is 6.41 Å². The Hall–Kier alpha value is -1.38. The van der Waals surface area contributed by atoms with Crippen molar-refractivity contribution in [1.82, 2.24) is 0 Å². The van der Waals surface area contributed by atoms with E-state index in [1.807, 2.05) is 18.2 Å². The quantitative estimate of drug-likeness (QED) is 0.424. The molecule has 0 fully saturated rings. The van der Waals surface area contributed by atoms with Crippen molar-refractivity contribution in [2.24, 2.45) is 0 Å². The lowest BCUT2D eigenvalue weighted by atomic mass is 10.5. The van der Waals surface area contributed by atoms with Crippen LogP contribution < -0.4 is 10.1 Å². The predicted molar refractivity (Wildman–Crippen MR) is 32.1 cm³/mol. The van der Waals surface area contributed by atoms with Crippen LogP contribution in [0, 0.1) is 0 Å². The van der Waals surface area contributed by atoms with Gasteiger partial charge in [0.1, 0.15) is 0 Å². The van der Waals surface area contributed by atoms with Crippen LogP contribution in [0.1, 0.15) is 0 Å². The van der Waals surface area contributed by atoms with E-state index in [2.05, 4.69) is 5.43 Å². The zero-order valence-electron chi connectivity index (χ0n) is 4.82. The first kappa shape index (κ1) is 5.75. The highest BCUT2D eigenvalue weighted by atomic mass is 16.1. The fourth-order valence-corrected chi connectivity index (χ4v) is 0.546. The second-order valence-electron chi connectivity index (χ2n) is 1.53. The van der Waals surface area contributed by atoms with Crippen molar-refractivity contribution in [2.75, 3.05) is 5.43 Å². The topological polar surface area (TPSA) is 33.0 Å². The molecular formula is C6H7N2O+. The zero-order valence-corrected chi connectivity index (χ0v) is 4.82. The number of nitrogens with one attached hydrogen (secondary N) is 1. The summed E-state index contributed by atoms with van der Waals surface area (Å²) in [6, 6.07) is 5.54. The Kier molecular flexibility index (Phi) is 1.80. The third kappa shape index (κ3) is 1.53. The number of carbonyl (C=O) groups is 1. The minimum absolute atomic E-state index is 0.625. The van der Waals surface area contributed by atoms with Crippen molar-refractivity contribution in [2.45, 2.75) is 0 Å². The highest BCUT2D eigenvalue weighted by molar-refractivity contribution is 5.53. The summed E-state index contributed by atoms with van der Waals surface area (Å²) in [5, 5.41) is 0. The summed E-state index contributed by atoms with van der Waals surface area (Å²) >= 11 is 0. The molecule has 0 saturated heterocycles. The minimum Gasteiger partial charge on any atom is -0.273 e. The fraction of sp³-hybridized carbons (Fsp3) is 0. The average Bonchev–Trinajstić information content (AvgIpc) is 1.91. The van der Waals surface area contributed by atoms with E-state index < -0.39 is 0 Å². The Balaban J connectivity index is 2.72. The molecule has 0 saturated carbocycles. The summed E-state index contributed by atoms with van der Waals surface area (Å²) in [5.74, 6) is 0. The maximum absolute atomic E-state index is 9.84. The molecule has 0 bridgehead atoms. The van der Waals surface area contributed by atoms with Gasteiger partial charge in [-0.3, -0.25) is 4.79 Å². The van der Waals surface area contributed by atoms with Crippen LogP contribution in [0.15, 0.2) is 30.6 Å². The van der Waals surface area contributed by atoms with Gasteiger partial charge in [-0.25, -0.2) is 0 Å². The van der Waals surface area contributed by atoms with E-state index in [-0.39, 0.29) is 0 Å². The molecule has 1 aromatic rings. The summed E-state index contributed by atoms with van der Waals surface area (Å²) in [7, 11) is 0. The lowest BCUT2D eigenvalue weighted by molar-refractivity contribution is -0.641. The summed E-state index contributed by atoms with van der Waals surface area (Å²) in [6.45, 7) is 0. The SMILES string of the molecule is O=CN[n+]1ccccc1. The molecule has 0 aliphatic heterocycles.